The van der Waals surface area contributed by atoms with E-state index in [0.717, 1.165) is 38.0 Å². The predicted octanol–water partition coefficient (Wildman–Crippen LogP) is 5.67. The molecule has 3 heteroatoms. The van der Waals surface area contributed by atoms with Crippen molar-refractivity contribution in [1.82, 2.24) is 0 Å². The Bertz CT molecular complexity index is 274. The van der Waals surface area contributed by atoms with E-state index < -0.39 is 5.60 Å². The Kier molecular flexibility index (Phi) is 10.8. The summed E-state index contributed by atoms with van der Waals surface area (Å²) in [6, 6.07) is 0. The summed E-state index contributed by atoms with van der Waals surface area (Å²) in [5.74, 6) is 0.912. The van der Waals surface area contributed by atoms with E-state index in [0.29, 0.717) is 12.3 Å². The number of hydrogen-bond donors (Lipinski definition) is 0. The first-order valence-electron chi connectivity index (χ1n) is 8.75. The molecule has 0 bridgehead atoms. The summed E-state index contributed by atoms with van der Waals surface area (Å²) in [4.78, 5) is 22.2. The van der Waals surface area contributed by atoms with Crippen LogP contribution in [0.25, 0.3) is 0 Å². The topological polar surface area (TPSA) is 35.5 Å². The van der Waals surface area contributed by atoms with Crippen LogP contribution in [0.15, 0.2) is 0 Å². The maximum Gasteiger partial charge on any atom is 0.342 e. The molecule has 126 valence electrons. The second-order valence-electron chi connectivity index (χ2n) is 6.80. The van der Waals surface area contributed by atoms with E-state index >= 15 is 0 Å². The van der Waals surface area contributed by atoms with Gasteiger partial charge in [-0.05, 0) is 38.5 Å². The van der Waals surface area contributed by atoms with Crippen LogP contribution in [0.4, 0.5) is 0 Å². The summed E-state index contributed by atoms with van der Waals surface area (Å²) in [6.07, 6.45) is 8.06. The Hall–Kier alpha value is -0.570. The van der Waals surface area contributed by atoms with Crippen molar-refractivity contribution in [3.05, 3.63) is 0 Å². The Balaban J connectivity index is 4.19. The number of carbonyl (C=O) groups is 1. The van der Waals surface area contributed by atoms with Gasteiger partial charge >= 0.3 is 5.97 Å². The molecule has 21 heavy (non-hydrogen) atoms. The van der Waals surface area contributed by atoms with Gasteiger partial charge in [-0.3, -0.25) is 4.89 Å². The van der Waals surface area contributed by atoms with Crippen LogP contribution in [0.2, 0.25) is 0 Å². The molecule has 3 nitrogen and oxygen atoms in total. The fourth-order valence-corrected chi connectivity index (χ4v) is 2.52. The van der Waals surface area contributed by atoms with Crippen LogP contribution in [0.5, 0.6) is 0 Å². The lowest BCUT2D eigenvalue weighted by Crippen LogP contribution is -2.35. The summed E-state index contributed by atoms with van der Waals surface area (Å²) in [5, 5.41) is 0. The van der Waals surface area contributed by atoms with Crippen LogP contribution < -0.4 is 0 Å². The van der Waals surface area contributed by atoms with Crippen LogP contribution in [0, 0.1) is 11.8 Å². The molecule has 0 saturated carbocycles. The SMILES string of the molecule is CCCCCC(=O)OOC(C)(C)C(CC)CCC(C)CC. The third-order valence-corrected chi connectivity index (χ3v) is 4.51. The predicted molar refractivity (Wildman–Crippen MR) is 87.9 cm³/mol. The van der Waals surface area contributed by atoms with Crippen LogP contribution >= 0.6 is 0 Å². The molecule has 2 atom stereocenters. The van der Waals surface area contributed by atoms with Crippen molar-refractivity contribution in [3.8, 4) is 0 Å². The fraction of sp³-hybridized carbons (Fsp3) is 0.944. The van der Waals surface area contributed by atoms with Crippen LogP contribution in [-0.4, -0.2) is 11.6 Å². The molecule has 0 aliphatic heterocycles. The minimum Gasteiger partial charge on any atom is -0.298 e. The summed E-state index contributed by atoms with van der Waals surface area (Å²) in [7, 11) is 0. The van der Waals surface area contributed by atoms with Crippen LogP contribution in [0.3, 0.4) is 0 Å². The van der Waals surface area contributed by atoms with Crippen LogP contribution in [0.1, 0.15) is 92.9 Å². The van der Waals surface area contributed by atoms with Gasteiger partial charge in [0.05, 0.1) is 0 Å². The molecule has 0 rings (SSSR count). The molecule has 0 spiro atoms. The highest BCUT2D eigenvalue weighted by molar-refractivity contribution is 5.68. The Morgan fingerprint density at radius 3 is 2.24 bits per heavy atom. The normalized spacial score (nSPS) is 14.8. The minimum atomic E-state index is -0.414. The zero-order valence-electron chi connectivity index (χ0n) is 15.0. The smallest absolute Gasteiger partial charge is 0.298 e. The van der Waals surface area contributed by atoms with Gasteiger partial charge < -0.3 is 0 Å². The van der Waals surface area contributed by atoms with Gasteiger partial charge in [-0.1, -0.05) is 59.8 Å². The quantitative estimate of drug-likeness (QED) is 0.264. The monoisotopic (exact) mass is 300 g/mol. The molecule has 0 aromatic carbocycles. The number of unbranched alkanes of at least 4 members (excludes halogenated alkanes) is 2. The first-order valence-corrected chi connectivity index (χ1v) is 8.75. The summed E-state index contributed by atoms with van der Waals surface area (Å²) >= 11 is 0. The molecule has 2 unspecified atom stereocenters. The molecule has 0 aliphatic carbocycles. The van der Waals surface area contributed by atoms with E-state index in [1.165, 1.54) is 12.8 Å². The van der Waals surface area contributed by atoms with Crippen molar-refractivity contribution in [2.75, 3.05) is 0 Å². The fourth-order valence-electron chi connectivity index (χ4n) is 2.52. The van der Waals surface area contributed by atoms with Gasteiger partial charge in [0.15, 0.2) is 0 Å². The first-order chi connectivity index (χ1) is 9.87. The van der Waals surface area contributed by atoms with Crippen molar-refractivity contribution in [2.24, 2.45) is 11.8 Å². The first kappa shape index (κ1) is 20.4. The molecule has 0 radical (unpaired) electrons. The van der Waals surface area contributed by atoms with Gasteiger partial charge in [-0.2, -0.15) is 4.89 Å². The largest absolute Gasteiger partial charge is 0.342 e. The summed E-state index contributed by atoms with van der Waals surface area (Å²) in [6.45, 7) is 12.9. The van der Waals surface area contributed by atoms with Crippen LogP contribution in [-0.2, 0) is 14.6 Å². The molecular formula is C18H36O3. The Labute approximate surface area is 131 Å². The van der Waals surface area contributed by atoms with Crippen molar-refractivity contribution in [3.63, 3.8) is 0 Å². The third-order valence-electron chi connectivity index (χ3n) is 4.51. The molecule has 0 aliphatic rings. The van der Waals surface area contributed by atoms with Crippen molar-refractivity contribution < 1.29 is 14.6 Å². The molecule has 0 fully saturated rings. The highest BCUT2D eigenvalue weighted by Gasteiger charge is 2.31. The van der Waals surface area contributed by atoms with Crippen molar-refractivity contribution in [2.45, 2.75) is 98.5 Å². The van der Waals surface area contributed by atoms with E-state index in [2.05, 4.69) is 27.7 Å². The number of hydrogen-bond acceptors (Lipinski definition) is 3. The standard InChI is InChI=1S/C18H36O3/c1-7-10-11-12-17(19)20-21-18(5,6)16(9-3)14-13-15(4)8-2/h15-16H,7-14H2,1-6H3. The Morgan fingerprint density at radius 2 is 1.71 bits per heavy atom. The second kappa shape index (κ2) is 11.1. The second-order valence-corrected chi connectivity index (χ2v) is 6.80. The lowest BCUT2D eigenvalue weighted by atomic mass is 9.83. The highest BCUT2D eigenvalue weighted by atomic mass is 17.2. The third kappa shape index (κ3) is 9.13. The van der Waals surface area contributed by atoms with Gasteiger partial charge in [0, 0.05) is 6.42 Å². The van der Waals surface area contributed by atoms with Crippen molar-refractivity contribution >= 4 is 5.97 Å². The van der Waals surface area contributed by atoms with E-state index in [1.54, 1.807) is 0 Å². The van der Waals surface area contributed by atoms with Gasteiger partial charge in [0.1, 0.15) is 5.60 Å². The summed E-state index contributed by atoms with van der Waals surface area (Å²) in [5.41, 5.74) is -0.414. The van der Waals surface area contributed by atoms with Gasteiger partial charge in [-0.15, -0.1) is 0 Å². The Morgan fingerprint density at radius 1 is 1.05 bits per heavy atom. The van der Waals surface area contributed by atoms with E-state index in [4.69, 9.17) is 9.78 Å². The van der Waals surface area contributed by atoms with E-state index in [1.807, 2.05) is 13.8 Å². The lowest BCUT2D eigenvalue weighted by Gasteiger charge is -2.32. The zero-order chi connectivity index (χ0) is 16.3. The highest BCUT2D eigenvalue weighted by Crippen LogP contribution is 2.30. The molecule has 0 N–H and O–H groups in total. The van der Waals surface area contributed by atoms with Gasteiger partial charge in [0.25, 0.3) is 0 Å². The number of rotatable bonds is 12. The molecule has 0 saturated heterocycles. The summed E-state index contributed by atoms with van der Waals surface area (Å²) < 4.78 is 0. The average Bonchev–Trinajstić information content (AvgIpc) is 2.45. The minimum absolute atomic E-state index is 0.242. The van der Waals surface area contributed by atoms with Gasteiger partial charge in [-0.25, -0.2) is 4.79 Å². The maximum absolute atomic E-state index is 11.6. The van der Waals surface area contributed by atoms with Gasteiger partial charge in [0.2, 0.25) is 0 Å². The molecular weight excluding hydrogens is 264 g/mol. The molecule has 0 aromatic rings. The molecule has 0 heterocycles. The number of carbonyl (C=O) groups excluding carboxylic acids is 1. The molecule has 0 aromatic heterocycles. The zero-order valence-corrected chi connectivity index (χ0v) is 15.0. The maximum atomic E-state index is 11.6. The van der Waals surface area contributed by atoms with E-state index in [9.17, 15) is 4.79 Å². The van der Waals surface area contributed by atoms with Crippen molar-refractivity contribution in [1.29, 1.82) is 0 Å². The molecule has 0 amide bonds. The lowest BCUT2D eigenvalue weighted by molar-refractivity contribution is -0.337. The average molecular weight is 300 g/mol. The van der Waals surface area contributed by atoms with E-state index in [-0.39, 0.29) is 5.97 Å².